The Hall–Kier alpha value is -6.01. The van der Waals surface area contributed by atoms with E-state index >= 15 is 0 Å². The fourth-order valence-electron chi connectivity index (χ4n) is 9.20. The summed E-state index contributed by atoms with van der Waals surface area (Å²) in [7, 11) is 0. The van der Waals surface area contributed by atoms with E-state index in [1.54, 1.807) is 14.5 Å². The van der Waals surface area contributed by atoms with Crippen LogP contribution in [0.5, 0.6) is 0 Å². The molecule has 2 heterocycles. The van der Waals surface area contributed by atoms with Crippen LogP contribution in [0.4, 0.5) is 0 Å². The van der Waals surface area contributed by atoms with Gasteiger partial charge < -0.3 is 0 Å². The summed E-state index contributed by atoms with van der Waals surface area (Å²) in [6.07, 6.45) is 0. The first-order valence-electron chi connectivity index (χ1n) is 27.6. The fraction of sp³-hybridized carbons (Fsp3) is 0.216. The summed E-state index contributed by atoms with van der Waals surface area (Å²) in [5, 5.41) is 0. The van der Waals surface area contributed by atoms with Crippen molar-refractivity contribution in [2.75, 3.05) is 0 Å². The van der Waals surface area contributed by atoms with Gasteiger partial charge in [-0.25, -0.2) is 0 Å². The van der Waals surface area contributed by atoms with Gasteiger partial charge in [0.1, 0.15) is 0 Å². The molecule has 0 N–H and O–H groups in total. The van der Waals surface area contributed by atoms with Crippen molar-refractivity contribution in [1.29, 1.82) is 0 Å². The molecule has 0 bridgehead atoms. The van der Waals surface area contributed by atoms with Gasteiger partial charge in [0.25, 0.3) is 0 Å². The van der Waals surface area contributed by atoms with Crippen LogP contribution in [-0.4, -0.2) is 55.3 Å². The van der Waals surface area contributed by atoms with E-state index < -0.39 is 41.8 Å². The molecule has 0 aromatic heterocycles. The van der Waals surface area contributed by atoms with Gasteiger partial charge in [0, 0.05) is 11.1 Å². The minimum atomic E-state index is -0.469. The van der Waals surface area contributed by atoms with Crippen molar-refractivity contribution in [2.24, 2.45) is 0 Å². The van der Waals surface area contributed by atoms with Crippen LogP contribution >= 0.6 is 0 Å². The third kappa shape index (κ3) is 16.3. The Labute approximate surface area is 491 Å². The molecule has 8 aromatic rings. The van der Waals surface area contributed by atoms with E-state index in [2.05, 4.69) is 277 Å². The molecule has 0 aliphatic carbocycles. The summed E-state index contributed by atoms with van der Waals surface area (Å²) >= 11 is -0.939. The van der Waals surface area contributed by atoms with Gasteiger partial charge >= 0.3 is 412 Å². The van der Waals surface area contributed by atoms with E-state index in [0.717, 1.165) is 11.1 Å². The van der Waals surface area contributed by atoms with Crippen molar-refractivity contribution < 1.29 is 0 Å². The third-order valence-corrected chi connectivity index (χ3v) is 20.9. The maximum atomic E-state index is 3.11. The van der Waals surface area contributed by atoms with E-state index in [9.17, 15) is 0 Å². The van der Waals surface area contributed by atoms with Gasteiger partial charge in [-0.2, -0.15) is 0 Å². The second kappa shape index (κ2) is 25.8. The summed E-state index contributed by atoms with van der Waals surface area (Å²) < 4.78 is 6.17. The zero-order valence-electron chi connectivity index (χ0n) is 48.1. The number of hydrogen-bond acceptors (Lipinski definition) is 0. The van der Waals surface area contributed by atoms with Crippen LogP contribution in [-0.2, 0) is 21.7 Å². The summed E-state index contributed by atoms with van der Waals surface area (Å²) in [5.74, 6) is 16.3. The van der Waals surface area contributed by atoms with Crippen molar-refractivity contribution >= 4 is 80.7 Å². The Morgan fingerprint density at radius 3 is 0.667 bits per heavy atom. The molecule has 4 heteroatoms. The van der Waals surface area contributed by atoms with Crippen molar-refractivity contribution in [3.63, 3.8) is 0 Å². The van der Waals surface area contributed by atoms with Crippen LogP contribution in [0, 0.1) is 11.8 Å². The van der Waals surface area contributed by atoms with Gasteiger partial charge in [0.15, 0.2) is 0 Å². The Morgan fingerprint density at radius 2 is 0.462 bits per heavy atom. The average molecular weight is 1240 g/mol. The van der Waals surface area contributed by atoms with Crippen LogP contribution in [0.2, 0.25) is 0 Å². The molecule has 0 saturated heterocycles. The van der Waals surface area contributed by atoms with Crippen molar-refractivity contribution in [1.82, 2.24) is 0 Å². The Morgan fingerprint density at radius 1 is 0.256 bits per heavy atom. The molecule has 0 amide bonds. The van der Waals surface area contributed by atoms with Crippen molar-refractivity contribution in [3.8, 4) is 11.8 Å². The molecule has 0 unspecified atom stereocenters. The quantitative estimate of drug-likeness (QED) is 0.115. The Kier molecular flexibility index (Phi) is 19.3. The molecular weight excluding hydrogens is 1170 g/mol. The molecule has 10 rings (SSSR count). The average Bonchev–Trinajstić information content (AvgIpc) is 3.51. The standard InChI is InChI=1S/2C30H33BTe.C14H10/c2*1-29(2,3)24-16-12-22(13-17-24)27-20-31(26-10-8-7-9-11-26)21-28(32-27)23-14-18-25(19-15-23)30(4,5)6;1-3-7-13(8-4-1)11-12-14-9-5-2-6-10-14/h2*7-21H,1-6H3;1-10H. The maximum absolute atomic E-state index is 3.11. The summed E-state index contributed by atoms with van der Waals surface area (Å²) in [6.45, 7) is 28.0. The Bertz CT molecular complexity index is 3030. The van der Waals surface area contributed by atoms with Gasteiger partial charge in [0.05, 0.1) is 0 Å². The second-order valence-electron chi connectivity index (χ2n) is 24.5. The molecule has 0 atom stereocenters. The van der Waals surface area contributed by atoms with E-state index in [1.807, 2.05) is 60.7 Å². The molecule has 0 fully saturated rings. The fourth-order valence-corrected chi connectivity index (χ4v) is 15.9. The van der Waals surface area contributed by atoms with E-state index in [0.29, 0.717) is 13.4 Å². The summed E-state index contributed by atoms with van der Waals surface area (Å²) in [5.41, 5.74) is 16.7. The van der Waals surface area contributed by atoms with E-state index in [-0.39, 0.29) is 21.7 Å². The molecule has 0 spiro atoms. The number of benzene rings is 8. The molecule has 78 heavy (non-hydrogen) atoms. The van der Waals surface area contributed by atoms with Crippen molar-refractivity contribution in [3.05, 3.63) is 298 Å². The molecule has 390 valence electrons. The first-order valence-corrected chi connectivity index (χ1v) is 32.2. The normalized spacial score (nSPS) is 13.7. The van der Waals surface area contributed by atoms with Crippen LogP contribution in [0.15, 0.2) is 242 Å². The molecular formula is C74H76B2Te2. The molecule has 2 aliphatic heterocycles. The van der Waals surface area contributed by atoms with Crippen LogP contribution in [0.1, 0.15) is 139 Å². The van der Waals surface area contributed by atoms with Crippen LogP contribution in [0.25, 0.3) is 14.5 Å². The number of hydrogen-bond donors (Lipinski definition) is 0. The van der Waals surface area contributed by atoms with Gasteiger partial charge in [-0.15, -0.1) is 0 Å². The van der Waals surface area contributed by atoms with Gasteiger partial charge in [-0.1, -0.05) is 48.2 Å². The van der Waals surface area contributed by atoms with E-state index in [1.165, 1.54) is 55.4 Å². The summed E-state index contributed by atoms with van der Waals surface area (Å²) in [4.78, 5) is 0. The monoisotopic (exact) mass is 1250 g/mol. The molecule has 0 radical (unpaired) electrons. The molecule has 0 saturated carbocycles. The van der Waals surface area contributed by atoms with Crippen LogP contribution in [0.3, 0.4) is 0 Å². The van der Waals surface area contributed by atoms with Crippen LogP contribution < -0.4 is 10.9 Å². The molecule has 0 nitrogen and oxygen atoms in total. The first-order chi connectivity index (χ1) is 37.2. The Balaban J connectivity index is 0.000000166. The SMILES string of the molecule is C(#Cc1ccccc1)c1ccccc1.CC(C)(C)c1ccc(C2=CB(c3ccccc3)C=C(c3ccc(C(C)(C)C)cc3)[Te]2)cc1.CC(C)(C)c1ccc(C2=CB(c3ccccc3)C=C(c3ccc(C(C)(C)C)cc3)[Te]2)cc1. The van der Waals surface area contributed by atoms with Gasteiger partial charge in [-0.3, -0.25) is 0 Å². The molecule has 2 aliphatic rings. The third-order valence-electron chi connectivity index (χ3n) is 14.2. The topological polar surface area (TPSA) is 0 Å². The predicted molar refractivity (Wildman–Crippen MR) is 347 cm³/mol. The summed E-state index contributed by atoms with van der Waals surface area (Å²) in [6, 6.07) is 79.1. The predicted octanol–water partition coefficient (Wildman–Crippen LogP) is 16.8. The molecule has 8 aromatic carbocycles. The zero-order chi connectivity index (χ0) is 55.5. The minimum absolute atomic E-state index is 0.183. The number of rotatable bonds is 6. The van der Waals surface area contributed by atoms with Gasteiger partial charge in [-0.05, 0) is 24.3 Å². The zero-order valence-corrected chi connectivity index (χ0v) is 52.7. The van der Waals surface area contributed by atoms with E-state index in [4.69, 9.17) is 0 Å². The first kappa shape index (κ1) is 58.1. The van der Waals surface area contributed by atoms with Crippen molar-refractivity contribution in [2.45, 2.75) is 105 Å². The van der Waals surface area contributed by atoms with Gasteiger partial charge in [0.2, 0.25) is 0 Å². The second-order valence-corrected chi connectivity index (χ2v) is 30.7.